The zero-order chi connectivity index (χ0) is 23.5. The Balaban J connectivity index is 1.56. The van der Waals surface area contributed by atoms with Gasteiger partial charge in [0.15, 0.2) is 17.2 Å². The van der Waals surface area contributed by atoms with Crippen LogP contribution in [0, 0.1) is 6.92 Å². The molecule has 0 fully saturated rings. The van der Waals surface area contributed by atoms with Gasteiger partial charge in [-0.2, -0.15) is 0 Å². The fraction of sp³-hybridized carbons (Fsp3) is 0.0741. The molecule has 5 heterocycles. The van der Waals surface area contributed by atoms with Crippen molar-refractivity contribution in [2.24, 2.45) is 0 Å². The summed E-state index contributed by atoms with van der Waals surface area (Å²) in [5.74, 6) is 0.756. The van der Waals surface area contributed by atoms with Crippen LogP contribution in [-0.2, 0) is 0 Å². The van der Waals surface area contributed by atoms with Crippen LogP contribution in [0.15, 0.2) is 88.5 Å². The number of pyridine rings is 1. The molecule has 6 aromatic rings. The Morgan fingerprint density at radius 1 is 0.914 bits per heavy atom. The molecule has 7 rings (SSSR count). The monoisotopic (exact) mass is 459 g/mol. The highest BCUT2D eigenvalue weighted by Gasteiger charge is 2.38. The molecule has 4 aromatic heterocycles. The normalized spacial score (nSPS) is 14.5. The van der Waals surface area contributed by atoms with Crippen molar-refractivity contribution >= 4 is 16.6 Å². The first-order chi connectivity index (χ1) is 17.2. The first kappa shape index (κ1) is 19.6. The van der Waals surface area contributed by atoms with Crippen molar-refractivity contribution in [3.8, 4) is 23.0 Å². The third-order valence-electron chi connectivity index (χ3n) is 6.33. The lowest BCUT2D eigenvalue weighted by molar-refractivity contribution is 0.421. The summed E-state index contributed by atoms with van der Waals surface area (Å²) in [6, 6.07) is 20.8. The van der Waals surface area contributed by atoms with Crippen LogP contribution < -0.4 is 10.4 Å². The standard InChI is InChI=1S/C27H17N5O3/c1-15-8-2-3-9-16(15)24-30-25-22-20(18-11-6-7-13-28-18)21-23(35-26(22)29-14-32(25)31-24)17-10-4-5-12-19(17)34-27(21)33/h2-14,20H,1H3. The van der Waals surface area contributed by atoms with Gasteiger partial charge >= 0.3 is 5.63 Å². The van der Waals surface area contributed by atoms with Crippen LogP contribution in [0.1, 0.15) is 28.3 Å². The number of aryl methyl sites for hydroxylation is 1. The molecule has 0 amide bonds. The summed E-state index contributed by atoms with van der Waals surface area (Å²) in [5, 5.41) is 5.37. The molecule has 0 N–H and O–H groups in total. The molecule has 35 heavy (non-hydrogen) atoms. The lowest BCUT2D eigenvalue weighted by Crippen LogP contribution is -2.23. The Morgan fingerprint density at radius 3 is 2.60 bits per heavy atom. The molecular weight excluding hydrogens is 442 g/mol. The summed E-state index contributed by atoms with van der Waals surface area (Å²) in [6.07, 6.45) is 3.28. The number of nitrogens with zero attached hydrogens (tertiary/aromatic N) is 5. The van der Waals surface area contributed by atoms with Gasteiger partial charge in [0.05, 0.1) is 28.1 Å². The first-order valence-corrected chi connectivity index (χ1v) is 11.1. The number of hydrogen-bond donors (Lipinski definition) is 0. The number of hydrogen-bond acceptors (Lipinski definition) is 7. The van der Waals surface area contributed by atoms with Crippen LogP contribution >= 0.6 is 0 Å². The molecule has 0 spiro atoms. The molecule has 2 aromatic carbocycles. The van der Waals surface area contributed by atoms with E-state index >= 15 is 0 Å². The van der Waals surface area contributed by atoms with E-state index in [1.807, 2.05) is 67.6 Å². The molecule has 1 aliphatic heterocycles. The molecule has 0 aliphatic carbocycles. The SMILES string of the molecule is Cc1ccccc1-c1nc2c3c(ncn2n1)Oc1c(c(=O)oc2ccccc12)C3c1ccccn1. The third kappa shape index (κ3) is 2.90. The molecule has 1 aliphatic rings. The summed E-state index contributed by atoms with van der Waals surface area (Å²) in [7, 11) is 0. The molecule has 8 nitrogen and oxygen atoms in total. The average molecular weight is 459 g/mol. The summed E-state index contributed by atoms with van der Waals surface area (Å²) < 4.78 is 13.6. The molecule has 0 saturated heterocycles. The van der Waals surface area contributed by atoms with Gasteiger partial charge in [0, 0.05) is 11.8 Å². The number of aromatic nitrogens is 5. The van der Waals surface area contributed by atoms with Crippen molar-refractivity contribution in [3.05, 3.63) is 112 Å². The fourth-order valence-corrected chi connectivity index (χ4v) is 4.71. The van der Waals surface area contributed by atoms with E-state index < -0.39 is 11.5 Å². The molecule has 1 atom stereocenters. The smallest absolute Gasteiger partial charge is 0.344 e. The highest BCUT2D eigenvalue weighted by Crippen LogP contribution is 2.48. The van der Waals surface area contributed by atoms with Crippen molar-refractivity contribution in [2.75, 3.05) is 0 Å². The van der Waals surface area contributed by atoms with Gasteiger partial charge in [-0.3, -0.25) is 4.98 Å². The molecule has 0 saturated carbocycles. The lowest BCUT2D eigenvalue weighted by atomic mass is 9.87. The minimum atomic E-state index is -0.596. The molecular formula is C27H17N5O3. The minimum Gasteiger partial charge on any atom is -0.437 e. The van der Waals surface area contributed by atoms with E-state index in [1.165, 1.54) is 0 Å². The lowest BCUT2D eigenvalue weighted by Gasteiger charge is -2.26. The predicted molar refractivity (Wildman–Crippen MR) is 129 cm³/mol. The molecule has 1 unspecified atom stereocenters. The predicted octanol–water partition coefficient (Wildman–Crippen LogP) is 4.89. The van der Waals surface area contributed by atoms with E-state index in [0.717, 1.165) is 11.1 Å². The summed E-state index contributed by atoms with van der Waals surface area (Å²) in [5.41, 5.74) is 4.13. The van der Waals surface area contributed by atoms with Gasteiger partial charge in [-0.1, -0.05) is 42.5 Å². The van der Waals surface area contributed by atoms with Gasteiger partial charge in [0.1, 0.15) is 11.9 Å². The Bertz CT molecular complexity index is 1820. The number of ether oxygens (including phenoxy) is 1. The van der Waals surface area contributed by atoms with Crippen LogP contribution in [0.2, 0.25) is 0 Å². The van der Waals surface area contributed by atoms with E-state index in [0.29, 0.717) is 50.9 Å². The highest BCUT2D eigenvalue weighted by atomic mass is 16.5. The van der Waals surface area contributed by atoms with Crippen molar-refractivity contribution < 1.29 is 9.15 Å². The summed E-state index contributed by atoms with van der Waals surface area (Å²) in [4.78, 5) is 27.4. The van der Waals surface area contributed by atoms with Crippen LogP contribution in [-0.4, -0.2) is 24.6 Å². The average Bonchev–Trinajstić information content (AvgIpc) is 3.33. The number of rotatable bonds is 2. The van der Waals surface area contributed by atoms with Crippen LogP contribution in [0.25, 0.3) is 28.0 Å². The number of para-hydroxylation sites is 1. The van der Waals surface area contributed by atoms with Gasteiger partial charge in [-0.15, -0.1) is 5.10 Å². The molecule has 0 radical (unpaired) electrons. The van der Waals surface area contributed by atoms with Gasteiger partial charge in [-0.05, 0) is 36.8 Å². The van der Waals surface area contributed by atoms with Crippen molar-refractivity contribution in [1.29, 1.82) is 0 Å². The topological polar surface area (TPSA) is 95.4 Å². The highest BCUT2D eigenvalue weighted by molar-refractivity contribution is 5.86. The first-order valence-electron chi connectivity index (χ1n) is 11.1. The largest absolute Gasteiger partial charge is 0.437 e. The Kier molecular flexibility index (Phi) is 4.10. The third-order valence-corrected chi connectivity index (χ3v) is 6.33. The van der Waals surface area contributed by atoms with E-state index in [1.54, 1.807) is 23.1 Å². The summed E-state index contributed by atoms with van der Waals surface area (Å²) in [6.45, 7) is 2.01. The van der Waals surface area contributed by atoms with Crippen LogP contribution in [0.5, 0.6) is 11.6 Å². The summed E-state index contributed by atoms with van der Waals surface area (Å²) >= 11 is 0. The Labute approximate surface area is 198 Å². The number of fused-ring (bicyclic) bond motifs is 6. The van der Waals surface area contributed by atoms with Crippen molar-refractivity contribution in [1.82, 2.24) is 24.6 Å². The minimum absolute atomic E-state index is 0.361. The molecule has 168 valence electrons. The Morgan fingerprint density at radius 2 is 1.74 bits per heavy atom. The number of benzene rings is 2. The van der Waals surface area contributed by atoms with Crippen LogP contribution in [0.3, 0.4) is 0 Å². The second-order valence-electron chi connectivity index (χ2n) is 8.40. The zero-order valence-electron chi connectivity index (χ0n) is 18.5. The quantitative estimate of drug-likeness (QED) is 0.340. The fourth-order valence-electron chi connectivity index (χ4n) is 4.71. The van der Waals surface area contributed by atoms with E-state index in [4.69, 9.17) is 14.1 Å². The Hall–Kier alpha value is -4.85. The molecule has 0 bridgehead atoms. The van der Waals surface area contributed by atoms with Gasteiger partial charge in [0.25, 0.3) is 0 Å². The van der Waals surface area contributed by atoms with Gasteiger partial charge < -0.3 is 9.15 Å². The zero-order valence-corrected chi connectivity index (χ0v) is 18.5. The maximum Gasteiger partial charge on any atom is 0.344 e. The van der Waals surface area contributed by atoms with Gasteiger partial charge in [0.2, 0.25) is 5.88 Å². The van der Waals surface area contributed by atoms with Gasteiger partial charge in [-0.25, -0.2) is 19.3 Å². The van der Waals surface area contributed by atoms with E-state index in [9.17, 15) is 4.79 Å². The van der Waals surface area contributed by atoms with E-state index in [2.05, 4.69) is 15.1 Å². The maximum atomic E-state index is 13.3. The molecule has 8 heteroatoms. The second-order valence-corrected chi connectivity index (χ2v) is 8.40. The van der Waals surface area contributed by atoms with Crippen molar-refractivity contribution in [3.63, 3.8) is 0 Å². The maximum absolute atomic E-state index is 13.3. The second kappa shape index (κ2) is 7.33. The van der Waals surface area contributed by atoms with Crippen LogP contribution in [0.4, 0.5) is 0 Å². The van der Waals surface area contributed by atoms with Crippen molar-refractivity contribution in [2.45, 2.75) is 12.8 Å². The van der Waals surface area contributed by atoms with E-state index in [-0.39, 0.29) is 0 Å².